The number of nitrogens with zero attached hydrogens (tertiary/aromatic N) is 3. The molecule has 0 radical (unpaired) electrons. The third kappa shape index (κ3) is 4.56. The van der Waals surface area contributed by atoms with Crippen LogP contribution in [0, 0.1) is 5.92 Å². The summed E-state index contributed by atoms with van der Waals surface area (Å²) in [5, 5.41) is 6.04. The van der Waals surface area contributed by atoms with Crippen molar-refractivity contribution in [1.29, 1.82) is 0 Å². The lowest BCUT2D eigenvalue weighted by atomic mass is 9.99. The van der Waals surface area contributed by atoms with Crippen molar-refractivity contribution < 1.29 is 18.0 Å². The van der Waals surface area contributed by atoms with Crippen molar-refractivity contribution >= 4 is 17.3 Å². The fraction of sp³-hybridized carbons (Fsp3) is 0.444. The van der Waals surface area contributed by atoms with Crippen LogP contribution in [-0.2, 0) is 17.5 Å². The largest absolute Gasteiger partial charge is 0.435 e. The van der Waals surface area contributed by atoms with E-state index in [9.17, 15) is 18.0 Å². The van der Waals surface area contributed by atoms with E-state index in [0.29, 0.717) is 5.69 Å². The average Bonchev–Trinajstić information content (AvgIpc) is 3.05. The molecule has 1 amide bonds. The van der Waals surface area contributed by atoms with Gasteiger partial charge in [-0.2, -0.15) is 18.3 Å². The molecule has 0 saturated carbocycles. The van der Waals surface area contributed by atoms with Gasteiger partial charge in [0.25, 0.3) is 0 Å². The molecule has 0 aliphatic carbocycles. The van der Waals surface area contributed by atoms with Crippen LogP contribution in [0.1, 0.15) is 25.5 Å². The molecule has 1 aliphatic rings. The van der Waals surface area contributed by atoms with Gasteiger partial charge in [0, 0.05) is 30.7 Å². The number of nitrogens with one attached hydrogen (secondary N) is 1. The predicted octanol–water partition coefficient (Wildman–Crippen LogP) is 3.78. The minimum atomic E-state index is -4.51. The first-order valence-corrected chi connectivity index (χ1v) is 8.57. The van der Waals surface area contributed by atoms with E-state index in [-0.39, 0.29) is 6.54 Å². The monoisotopic (exact) mass is 366 g/mol. The zero-order valence-electron chi connectivity index (χ0n) is 14.5. The Morgan fingerprint density at radius 2 is 1.85 bits per heavy atom. The maximum atomic E-state index is 12.5. The number of hydrogen-bond acceptors (Lipinski definition) is 3. The molecule has 1 fully saturated rings. The zero-order chi connectivity index (χ0) is 18.7. The number of piperidine rings is 1. The van der Waals surface area contributed by atoms with Crippen molar-refractivity contribution in [3.63, 3.8) is 0 Å². The predicted molar refractivity (Wildman–Crippen MR) is 92.9 cm³/mol. The van der Waals surface area contributed by atoms with Gasteiger partial charge in [0.2, 0.25) is 5.91 Å². The zero-order valence-corrected chi connectivity index (χ0v) is 14.5. The molecule has 0 unspecified atom stereocenters. The van der Waals surface area contributed by atoms with Crippen molar-refractivity contribution in [2.45, 2.75) is 32.5 Å². The summed E-state index contributed by atoms with van der Waals surface area (Å²) in [6.45, 7) is 4.02. The van der Waals surface area contributed by atoms with E-state index in [2.05, 4.69) is 22.2 Å². The molecular formula is C18H21F3N4O. The highest BCUT2D eigenvalue weighted by atomic mass is 19.4. The van der Waals surface area contributed by atoms with Crippen molar-refractivity contribution in [3.05, 3.63) is 42.2 Å². The quantitative estimate of drug-likeness (QED) is 0.896. The molecule has 1 aromatic carbocycles. The first kappa shape index (κ1) is 18.3. The summed E-state index contributed by atoms with van der Waals surface area (Å²) in [6, 6.07) is 8.34. The molecule has 3 rings (SSSR count). The molecule has 26 heavy (non-hydrogen) atoms. The van der Waals surface area contributed by atoms with E-state index >= 15 is 0 Å². The molecule has 0 atom stereocenters. The normalized spacial score (nSPS) is 15.9. The highest BCUT2D eigenvalue weighted by molar-refractivity contribution is 5.90. The number of hydrogen-bond donors (Lipinski definition) is 1. The molecule has 8 heteroatoms. The second-order valence-corrected chi connectivity index (χ2v) is 6.66. The third-order valence-corrected chi connectivity index (χ3v) is 4.54. The van der Waals surface area contributed by atoms with Crippen LogP contribution in [0.15, 0.2) is 36.5 Å². The minimum absolute atomic E-state index is 0.276. The van der Waals surface area contributed by atoms with Crippen LogP contribution in [0.5, 0.6) is 0 Å². The average molecular weight is 366 g/mol. The van der Waals surface area contributed by atoms with E-state index in [1.807, 2.05) is 12.1 Å². The molecule has 140 valence electrons. The first-order valence-electron chi connectivity index (χ1n) is 8.57. The highest BCUT2D eigenvalue weighted by Gasteiger charge is 2.33. The van der Waals surface area contributed by atoms with Gasteiger partial charge in [0.15, 0.2) is 5.69 Å². The van der Waals surface area contributed by atoms with Gasteiger partial charge < -0.3 is 10.2 Å². The Kier molecular flexibility index (Phi) is 5.20. The molecule has 0 bridgehead atoms. The fourth-order valence-electron chi connectivity index (χ4n) is 2.97. The second-order valence-electron chi connectivity index (χ2n) is 6.66. The van der Waals surface area contributed by atoms with E-state index in [4.69, 9.17) is 0 Å². The maximum Gasteiger partial charge on any atom is 0.435 e. The summed E-state index contributed by atoms with van der Waals surface area (Å²) in [7, 11) is 0. The topological polar surface area (TPSA) is 50.2 Å². The van der Waals surface area contributed by atoms with E-state index < -0.39 is 17.8 Å². The van der Waals surface area contributed by atoms with Crippen LogP contribution < -0.4 is 10.2 Å². The van der Waals surface area contributed by atoms with Gasteiger partial charge in [0.1, 0.15) is 6.54 Å². The summed E-state index contributed by atoms with van der Waals surface area (Å²) in [5.41, 5.74) is 0.703. The van der Waals surface area contributed by atoms with Gasteiger partial charge in [-0.3, -0.25) is 9.48 Å². The van der Waals surface area contributed by atoms with Gasteiger partial charge in [-0.05, 0) is 49.1 Å². The van der Waals surface area contributed by atoms with Crippen molar-refractivity contribution in [2.75, 3.05) is 23.3 Å². The fourth-order valence-corrected chi connectivity index (χ4v) is 2.97. The highest BCUT2D eigenvalue weighted by Crippen LogP contribution is 2.27. The Bertz CT molecular complexity index is 747. The molecule has 2 aromatic rings. The number of alkyl halides is 3. The SMILES string of the molecule is CC1CCN(c2ccc(NC(=O)Cn3ccc(C(F)(F)F)n3)cc2)CC1. The Balaban J connectivity index is 1.55. The van der Waals surface area contributed by atoms with Gasteiger partial charge in [-0.25, -0.2) is 0 Å². The molecule has 1 aliphatic heterocycles. The van der Waals surface area contributed by atoms with Crippen LogP contribution in [0.25, 0.3) is 0 Å². The second kappa shape index (κ2) is 7.39. The van der Waals surface area contributed by atoms with E-state index in [1.54, 1.807) is 12.1 Å². The van der Waals surface area contributed by atoms with E-state index in [1.165, 1.54) is 12.8 Å². The van der Waals surface area contributed by atoms with Gasteiger partial charge in [-0.1, -0.05) is 6.92 Å². The Hall–Kier alpha value is -2.51. The molecule has 1 N–H and O–H groups in total. The number of carbonyl (C=O) groups excluding carboxylic acids is 1. The van der Waals surface area contributed by atoms with Crippen LogP contribution in [-0.4, -0.2) is 28.8 Å². The molecule has 2 heterocycles. The Morgan fingerprint density at radius 3 is 2.42 bits per heavy atom. The molecule has 1 aromatic heterocycles. The Morgan fingerprint density at radius 1 is 1.19 bits per heavy atom. The Labute approximate surface area is 149 Å². The molecule has 5 nitrogen and oxygen atoms in total. The summed E-state index contributed by atoms with van der Waals surface area (Å²) in [4.78, 5) is 14.3. The standard InChI is InChI=1S/C18H21F3N4O/c1-13-6-9-24(10-7-13)15-4-2-14(3-5-15)22-17(26)12-25-11-8-16(23-25)18(19,20)21/h2-5,8,11,13H,6-7,9-10,12H2,1H3,(H,22,26). The summed E-state index contributed by atoms with van der Waals surface area (Å²) < 4.78 is 38.5. The van der Waals surface area contributed by atoms with Gasteiger partial charge in [0.05, 0.1) is 0 Å². The summed E-state index contributed by atoms with van der Waals surface area (Å²) in [6.07, 6.45) is -1.03. The van der Waals surface area contributed by atoms with Crippen LogP contribution in [0.2, 0.25) is 0 Å². The number of halogens is 3. The molecular weight excluding hydrogens is 345 g/mol. The van der Waals surface area contributed by atoms with Gasteiger partial charge in [-0.15, -0.1) is 0 Å². The summed E-state index contributed by atoms with van der Waals surface area (Å²) >= 11 is 0. The number of aromatic nitrogens is 2. The lowest BCUT2D eigenvalue weighted by molar-refractivity contribution is -0.141. The van der Waals surface area contributed by atoms with E-state index in [0.717, 1.165) is 41.6 Å². The number of amides is 1. The first-order chi connectivity index (χ1) is 12.3. The number of carbonyl (C=O) groups is 1. The minimum Gasteiger partial charge on any atom is -0.372 e. The van der Waals surface area contributed by atoms with Gasteiger partial charge >= 0.3 is 6.18 Å². The maximum absolute atomic E-state index is 12.5. The third-order valence-electron chi connectivity index (χ3n) is 4.54. The number of benzene rings is 1. The van der Waals surface area contributed by atoms with Crippen LogP contribution in [0.3, 0.4) is 0 Å². The number of anilines is 2. The van der Waals surface area contributed by atoms with Crippen molar-refractivity contribution in [1.82, 2.24) is 9.78 Å². The van der Waals surface area contributed by atoms with Crippen molar-refractivity contribution in [2.24, 2.45) is 5.92 Å². The smallest absolute Gasteiger partial charge is 0.372 e. The van der Waals surface area contributed by atoms with Crippen LogP contribution >= 0.6 is 0 Å². The lowest BCUT2D eigenvalue weighted by Gasteiger charge is -2.32. The molecule has 0 spiro atoms. The van der Waals surface area contributed by atoms with Crippen molar-refractivity contribution in [3.8, 4) is 0 Å². The molecule has 1 saturated heterocycles. The van der Waals surface area contributed by atoms with Crippen LogP contribution in [0.4, 0.5) is 24.5 Å². The summed E-state index contributed by atoms with van der Waals surface area (Å²) in [5.74, 6) is 0.325. The lowest BCUT2D eigenvalue weighted by Crippen LogP contribution is -2.32. The number of rotatable bonds is 4.